The Kier molecular flexibility index (Phi) is 3.09. The molecule has 1 amide bonds. The number of nitrogens with zero attached hydrogens (tertiary/aromatic N) is 1. The van der Waals surface area contributed by atoms with Crippen LogP contribution in [0.15, 0.2) is 30.3 Å². The molecule has 0 aliphatic heterocycles. The van der Waals surface area contributed by atoms with E-state index in [-0.39, 0.29) is 12.5 Å². The quantitative estimate of drug-likeness (QED) is 0.686. The molecule has 1 aromatic heterocycles. The summed E-state index contributed by atoms with van der Waals surface area (Å²) in [5, 5.41) is 6.46. The van der Waals surface area contributed by atoms with Crippen LogP contribution in [0.25, 0.3) is 10.9 Å². The number of nitrogens with two attached hydrogens (primary N) is 1. The number of benzene rings is 1. The number of carbonyl (C=O) groups is 1. The fourth-order valence-electron chi connectivity index (χ4n) is 1.50. The number of rotatable bonds is 3. The molecule has 0 fully saturated rings. The standard InChI is InChI=1S/C12H14N4O/c1-14-12(17)7-15-11-5-2-8-6-9(13)3-4-10(8)16-11/h2-6H,7,13H2,1H3,(H,14,17)(H,15,16). The normalized spacial score (nSPS) is 10.2. The minimum absolute atomic E-state index is 0.0794. The molecule has 0 bridgehead atoms. The summed E-state index contributed by atoms with van der Waals surface area (Å²) in [6, 6.07) is 9.27. The number of aromatic nitrogens is 1. The Bertz CT molecular complexity index is 553. The summed E-state index contributed by atoms with van der Waals surface area (Å²) in [4.78, 5) is 15.5. The summed E-state index contributed by atoms with van der Waals surface area (Å²) in [5.74, 6) is 0.593. The Balaban J connectivity index is 2.20. The number of anilines is 2. The predicted octanol–water partition coefficient (Wildman–Crippen LogP) is 0.975. The Morgan fingerprint density at radius 3 is 2.94 bits per heavy atom. The second-order valence-electron chi connectivity index (χ2n) is 3.68. The van der Waals surface area contributed by atoms with Gasteiger partial charge in [-0.15, -0.1) is 0 Å². The van der Waals surface area contributed by atoms with Gasteiger partial charge in [0.1, 0.15) is 5.82 Å². The molecule has 0 spiro atoms. The largest absolute Gasteiger partial charge is 0.399 e. The zero-order valence-corrected chi connectivity index (χ0v) is 9.53. The first-order chi connectivity index (χ1) is 8.19. The van der Waals surface area contributed by atoms with E-state index in [1.54, 1.807) is 13.1 Å². The molecule has 2 rings (SSSR count). The smallest absolute Gasteiger partial charge is 0.239 e. The molecule has 0 unspecified atom stereocenters. The van der Waals surface area contributed by atoms with Gasteiger partial charge in [-0.3, -0.25) is 4.79 Å². The molecule has 0 radical (unpaired) electrons. The van der Waals surface area contributed by atoms with E-state index in [4.69, 9.17) is 5.73 Å². The van der Waals surface area contributed by atoms with Gasteiger partial charge in [0.05, 0.1) is 12.1 Å². The first kappa shape index (κ1) is 11.2. The van der Waals surface area contributed by atoms with Gasteiger partial charge in [0.25, 0.3) is 0 Å². The highest BCUT2D eigenvalue weighted by molar-refractivity contribution is 5.84. The molecule has 88 valence electrons. The maximum atomic E-state index is 11.1. The van der Waals surface area contributed by atoms with E-state index >= 15 is 0 Å². The molecule has 17 heavy (non-hydrogen) atoms. The van der Waals surface area contributed by atoms with Gasteiger partial charge in [-0.25, -0.2) is 4.98 Å². The van der Waals surface area contributed by atoms with E-state index in [0.717, 1.165) is 10.9 Å². The van der Waals surface area contributed by atoms with Crippen molar-refractivity contribution in [1.29, 1.82) is 0 Å². The number of amides is 1. The molecule has 0 saturated heterocycles. The Labute approximate surface area is 99.0 Å². The second kappa shape index (κ2) is 4.69. The topological polar surface area (TPSA) is 80.0 Å². The summed E-state index contributed by atoms with van der Waals surface area (Å²) in [7, 11) is 1.60. The summed E-state index contributed by atoms with van der Waals surface area (Å²) < 4.78 is 0. The van der Waals surface area contributed by atoms with Gasteiger partial charge in [-0.1, -0.05) is 0 Å². The second-order valence-corrected chi connectivity index (χ2v) is 3.68. The molecule has 0 saturated carbocycles. The monoisotopic (exact) mass is 230 g/mol. The Morgan fingerprint density at radius 1 is 1.35 bits per heavy atom. The van der Waals surface area contributed by atoms with Gasteiger partial charge in [-0.05, 0) is 30.3 Å². The first-order valence-corrected chi connectivity index (χ1v) is 5.30. The number of hydrogen-bond acceptors (Lipinski definition) is 4. The van der Waals surface area contributed by atoms with Crippen LogP contribution in [0.3, 0.4) is 0 Å². The number of likely N-dealkylation sites (N-methyl/N-ethyl adjacent to an activating group) is 1. The number of pyridine rings is 1. The molecule has 0 aliphatic rings. The minimum Gasteiger partial charge on any atom is -0.399 e. The third kappa shape index (κ3) is 2.63. The molecular formula is C12H14N4O. The van der Waals surface area contributed by atoms with Crippen LogP contribution < -0.4 is 16.4 Å². The van der Waals surface area contributed by atoms with Crippen LogP contribution in [0.4, 0.5) is 11.5 Å². The Morgan fingerprint density at radius 2 is 2.18 bits per heavy atom. The van der Waals surface area contributed by atoms with Crippen molar-refractivity contribution in [2.45, 2.75) is 0 Å². The summed E-state index contributed by atoms with van der Waals surface area (Å²) >= 11 is 0. The minimum atomic E-state index is -0.0794. The molecular weight excluding hydrogens is 216 g/mol. The van der Waals surface area contributed by atoms with E-state index in [0.29, 0.717) is 11.5 Å². The van der Waals surface area contributed by atoms with Crippen LogP contribution in [0.2, 0.25) is 0 Å². The van der Waals surface area contributed by atoms with Gasteiger partial charge in [0.15, 0.2) is 0 Å². The highest BCUT2D eigenvalue weighted by atomic mass is 16.1. The van der Waals surface area contributed by atoms with Gasteiger partial charge in [0, 0.05) is 18.1 Å². The van der Waals surface area contributed by atoms with Gasteiger partial charge in [-0.2, -0.15) is 0 Å². The lowest BCUT2D eigenvalue weighted by molar-refractivity contribution is -0.118. The van der Waals surface area contributed by atoms with Crippen molar-refractivity contribution in [1.82, 2.24) is 10.3 Å². The van der Waals surface area contributed by atoms with Crippen molar-refractivity contribution >= 4 is 28.3 Å². The SMILES string of the molecule is CNC(=O)CNc1ccc2cc(N)ccc2n1. The van der Waals surface area contributed by atoms with Crippen molar-refractivity contribution in [3.63, 3.8) is 0 Å². The number of carbonyl (C=O) groups excluding carboxylic acids is 1. The molecule has 5 nitrogen and oxygen atoms in total. The fourth-order valence-corrected chi connectivity index (χ4v) is 1.50. The van der Waals surface area contributed by atoms with E-state index in [9.17, 15) is 4.79 Å². The van der Waals surface area contributed by atoms with Crippen molar-refractivity contribution < 1.29 is 4.79 Å². The van der Waals surface area contributed by atoms with E-state index in [1.165, 1.54) is 0 Å². The third-order valence-electron chi connectivity index (χ3n) is 2.42. The number of hydrogen-bond donors (Lipinski definition) is 3. The zero-order chi connectivity index (χ0) is 12.3. The predicted molar refractivity (Wildman–Crippen MR) is 68.7 cm³/mol. The van der Waals surface area contributed by atoms with Crippen LogP contribution in [0.5, 0.6) is 0 Å². The zero-order valence-electron chi connectivity index (χ0n) is 9.53. The van der Waals surface area contributed by atoms with E-state index in [2.05, 4.69) is 15.6 Å². The first-order valence-electron chi connectivity index (χ1n) is 5.30. The van der Waals surface area contributed by atoms with Gasteiger partial charge >= 0.3 is 0 Å². The highest BCUT2D eigenvalue weighted by Crippen LogP contribution is 2.17. The molecule has 4 N–H and O–H groups in total. The number of fused-ring (bicyclic) bond motifs is 1. The molecule has 1 aromatic carbocycles. The lowest BCUT2D eigenvalue weighted by Crippen LogP contribution is -2.26. The lowest BCUT2D eigenvalue weighted by Gasteiger charge is -2.06. The summed E-state index contributed by atoms with van der Waals surface area (Å²) in [5.41, 5.74) is 7.24. The third-order valence-corrected chi connectivity index (χ3v) is 2.42. The number of nitrogens with one attached hydrogen (secondary N) is 2. The number of nitrogen functional groups attached to an aromatic ring is 1. The maximum absolute atomic E-state index is 11.1. The van der Waals surface area contributed by atoms with Crippen molar-refractivity contribution in [3.8, 4) is 0 Å². The highest BCUT2D eigenvalue weighted by Gasteiger charge is 2.01. The van der Waals surface area contributed by atoms with Crippen molar-refractivity contribution in [3.05, 3.63) is 30.3 Å². The van der Waals surface area contributed by atoms with Crippen molar-refractivity contribution in [2.24, 2.45) is 0 Å². The molecule has 1 heterocycles. The van der Waals surface area contributed by atoms with Gasteiger partial charge in [0.2, 0.25) is 5.91 Å². The molecule has 0 atom stereocenters. The average molecular weight is 230 g/mol. The van der Waals surface area contributed by atoms with Crippen molar-refractivity contribution in [2.75, 3.05) is 24.6 Å². The Hall–Kier alpha value is -2.30. The lowest BCUT2D eigenvalue weighted by atomic mass is 10.2. The van der Waals surface area contributed by atoms with Gasteiger partial charge < -0.3 is 16.4 Å². The molecule has 2 aromatic rings. The van der Waals surface area contributed by atoms with Crippen LogP contribution in [-0.2, 0) is 4.79 Å². The van der Waals surface area contributed by atoms with Crippen LogP contribution in [0.1, 0.15) is 0 Å². The fraction of sp³-hybridized carbons (Fsp3) is 0.167. The molecule has 0 aliphatic carbocycles. The van der Waals surface area contributed by atoms with Crippen LogP contribution >= 0.6 is 0 Å². The van der Waals surface area contributed by atoms with Crippen LogP contribution in [-0.4, -0.2) is 24.5 Å². The summed E-state index contributed by atoms with van der Waals surface area (Å²) in [6.45, 7) is 0.212. The summed E-state index contributed by atoms with van der Waals surface area (Å²) in [6.07, 6.45) is 0. The molecule has 5 heteroatoms. The van der Waals surface area contributed by atoms with E-state index in [1.807, 2.05) is 24.3 Å². The van der Waals surface area contributed by atoms with Crippen LogP contribution in [0, 0.1) is 0 Å². The van der Waals surface area contributed by atoms with E-state index < -0.39 is 0 Å². The average Bonchev–Trinajstić information content (AvgIpc) is 2.35. The maximum Gasteiger partial charge on any atom is 0.239 e.